The molecule has 0 radical (unpaired) electrons. The lowest BCUT2D eigenvalue weighted by Gasteiger charge is -2.43. The molecule has 1 atom stereocenters. The fraction of sp³-hybridized carbons (Fsp3) is 0.750. The second-order valence-corrected chi connectivity index (χ2v) is 19.7. The van der Waals surface area contributed by atoms with E-state index in [9.17, 15) is 9.90 Å². The van der Waals surface area contributed by atoms with Gasteiger partial charge in [-0.2, -0.15) is 0 Å². The van der Waals surface area contributed by atoms with Crippen LogP contribution in [0.15, 0.2) is 11.1 Å². The van der Waals surface area contributed by atoms with Crippen molar-refractivity contribution in [3.8, 4) is 0 Å². The molecule has 0 bridgehead atoms. The van der Waals surface area contributed by atoms with Crippen LogP contribution in [-0.4, -0.2) is 38.4 Å². The highest BCUT2D eigenvalue weighted by Gasteiger charge is 2.47. The van der Waals surface area contributed by atoms with E-state index in [0.717, 1.165) is 28.9 Å². The van der Waals surface area contributed by atoms with Gasteiger partial charge in [-0.15, -0.1) is 0 Å². The summed E-state index contributed by atoms with van der Waals surface area (Å²) in [6.07, 6.45) is 1.98. The molecular formula is C12H28O3Si3. The maximum Gasteiger partial charge on any atom is 0.331 e. The molecule has 0 saturated carbocycles. The van der Waals surface area contributed by atoms with E-state index in [2.05, 4.69) is 26.9 Å². The lowest BCUT2D eigenvalue weighted by atomic mass is 9.91. The average molecular weight is 305 g/mol. The summed E-state index contributed by atoms with van der Waals surface area (Å²) in [6.45, 7) is 12.7. The summed E-state index contributed by atoms with van der Waals surface area (Å²) in [5.74, 6) is -0.742. The van der Waals surface area contributed by atoms with Crippen molar-refractivity contribution in [1.29, 1.82) is 0 Å². The topological polar surface area (TPSA) is 46.5 Å². The number of aliphatic carboxylic acids is 1. The van der Waals surface area contributed by atoms with Crippen molar-refractivity contribution >= 4 is 33.3 Å². The molecule has 0 aliphatic carbocycles. The fourth-order valence-electron chi connectivity index (χ4n) is 2.82. The molecule has 0 aromatic carbocycles. The third kappa shape index (κ3) is 3.66. The van der Waals surface area contributed by atoms with Gasteiger partial charge in [-0.3, -0.25) is 0 Å². The molecule has 3 nitrogen and oxygen atoms in total. The zero-order valence-corrected chi connectivity index (χ0v) is 17.3. The van der Waals surface area contributed by atoms with Gasteiger partial charge in [0.2, 0.25) is 0 Å². The van der Waals surface area contributed by atoms with E-state index in [-0.39, 0.29) is 5.04 Å². The molecule has 0 aliphatic rings. The first-order valence-corrected chi connectivity index (χ1v) is 13.3. The maximum atomic E-state index is 11.7. The molecule has 1 unspecified atom stereocenters. The SMILES string of the molecule is CCCC(C)(C(C(=O)O)=C(C)C)[Si](C)(C)[SiH2]O[SiH3]. The first kappa shape index (κ1) is 17.8. The van der Waals surface area contributed by atoms with E-state index in [0.29, 0.717) is 5.57 Å². The Bertz CT molecular complexity index is 335. The fourth-order valence-corrected chi connectivity index (χ4v) is 16.5. The van der Waals surface area contributed by atoms with Crippen molar-refractivity contribution < 1.29 is 14.0 Å². The number of hydrogen-bond donors (Lipinski definition) is 1. The van der Waals surface area contributed by atoms with Crippen molar-refractivity contribution in [2.75, 3.05) is 0 Å². The molecular weight excluding hydrogens is 276 g/mol. The highest BCUT2D eigenvalue weighted by atomic mass is 29.2. The molecule has 0 heterocycles. The third-order valence-electron chi connectivity index (χ3n) is 4.01. The van der Waals surface area contributed by atoms with Crippen LogP contribution in [0.2, 0.25) is 18.1 Å². The van der Waals surface area contributed by atoms with Crippen LogP contribution in [0, 0.1) is 0 Å². The zero-order valence-electron chi connectivity index (χ0n) is 12.9. The highest BCUT2D eigenvalue weighted by molar-refractivity contribution is 7.23. The zero-order chi connectivity index (χ0) is 14.6. The largest absolute Gasteiger partial charge is 0.478 e. The van der Waals surface area contributed by atoms with E-state index >= 15 is 0 Å². The van der Waals surface area contributed by atoms with Gasteiger partial charge < -0.3 is 9.22 Å². The number of carbonyl (C=O) groups is 1. The molecule has 1 N–H and O–H groups in total. The summed E-state index contributed by atoms with van der Waals surface area (Å²) in [5.41, 5.74) is 1.59. The van der Waals surface area contributed by atoms with Crippen molar-refractivity contribution in [3.63, 3.8) is 0 Å². The molecule has 18 heavy (non-hydrogen) atoms. The van der Waals surface area contributed by atoms with E-state index in [1.165, 1.54) is 0 Å². The molecule has 0 amide bonds. The lowest BCUT2D eigenvalue weighted by Crippen LogP contribution is -2.50. The summed E-state index contributed by atoms with van der Waals surface area (Å²) in [6, 6.07) is 0. The molecule has 0 spiro atoms. The standard InChI is InChI=1S/C12H28O3Si3/c1-7-8-12(4,18(5,6)17-15-16)10(9(2)3)11(13)14/h7-8,17H2,1-6,16H3,(H,13,14). The Balaban J connectivity index is 5.79. The number of rotatable bonds is 7. The van der Waals surface area contributed by atoms with Gasteiger partial charge in [0.05, 0.1) is 7.59 Å². The van der Waals surface area contributed by atoms with E-state index in [1.54, 1.807) is 0 Å². The second kappa shape index (κ2) is 6.83. The van der Waals surface area contributed by atoms with Gasteiger partial charge >= 0.3 is 5.97 Å². The van der Waals surface area contributed by atoms with Gasteiger partial charge in [-0.05, 0) is 25.3 Å². The summed E-state index contributed by atoms with van der Waals surface area (Å²) >= 11 is 0. The number of hydrogen-bond acceptors (Lipinski definition) is 2. The van der Waals surface area contributed by atoms with E-state index < -0.39 is 22.8 Å². The van der Waals surface area contributed by atoms with Crippen molar-refractivity contribution in [2.45, 2.75) is 58.7 Å². The Labute approximate surface area is 117 Å². The summed E-state index contributed by atoms with van der Waals surface area (Å²) in [7, 11) is -1.45. The molecule has 0 rings (SSSR count). The Hall–Kier alpha value is -0.179. The van der Waals surface area contributed by atoms with Crippen LogP contribution in [0.1, 0.15) is 40.5 Å². The number of carboxylic acids is 1. The van der Waals surface area contributed by atoms with E-state index in [1.807, 2.05) is 13.8 Å². The molecule has 0 fully saturated rings. The maximum absolute atomic E-state index is 11.7. The molecule has 0 aromatic rings. The number of allylic oxidation sites excluding steroid dienone is 1. The Morgan fingerprint density at radius 1 is 1.44 bits per heavy atom. The average Bonchev–Trinajstić information content (AvgIpc) is 2.15. The second-order valence-electron chi connectivity index (χ2n) is 6.08. The predicted octanol–water partition coefficient (Wildman–Crippen LogP) is 1.55. The molecule has 0 aromatic heterocycles. The van der Waals surface area contributed by atoms with Crippen LogP contribution < -0.4 is 0 Å². The predicted molar refractivity (Wildman–Crippen MR) is 86.3 cm³/mol. The van der Waals surface area contributed by atoms with Gasteiger partial charge in [0.15, 0.2) is 0 Å². The minimum absolute atomic E-state index is 0.164. The summed E-state index contributed by atoms with van der Waals surface area (Å²) in [4.78, 5) is 11.7. The minimum Gasteiger partial charge on any atom is -0.478 e. The number of carboxylic acid groups (broad SMARTS) is 1. The molecule has 6 heteroatoms. The van der Waals surface area contributed by atoms with Gasteiger partial charge in [-0.1, -0.05) is 38.9 Å². The Morgan fingerprint density at radius 2 is 1.94 bits per heavy atom. The van der Waals surface area contributed by atoms with Crippen LogP contribution in [0.4, 0.5) is 0 Å². The van der Waals surface area contributed by atoms with Crippen LogP contribution in [0.5, 0.6) is 0 Å². The third-order valence-corrected chi connectivity index (χ3v) is 16.5. The lowest BCUT2D eigenvalue weighted by molar-refractivity contribution is -0.133. The van der Waals surface area contributed by atoms with Gasteiger partial charge in [-0.25, -0.2) is 4.79 Å². The Morgan fingerprint density at radius 3 is 2.22 bits per heavy atom. The minimum atomic E-state index is -1.65. The van der Waals surface area contributed by atoms with Crippen LogP contribution >= 0.6 is 0 Å². The van der Waals surface area contributed by atoms with E-state index in [4.69, 9.17) is 4.12 Å². The monoisotopic (exact) mass is 304 g/mol. The van der Waals surface area contributed by atoms with Crippen molar-refractivity contribution in [1.82, 2.24) is 0 Å². The quantitative estimate of drug-likeness (QED) is 0.573. The summed E-state index contributed by atoms with van der Waals surface area (Å²) < 4.78 is 5.63. The van der Waals surface area contributed by atoms with Crippen LogP contribution in [0.25, 0.3) is 0 Å². The van der Waals surface area contributed by atoms with Crippen LogP contribution in [0.3, 0.4) is 0 Å². The van der Waals surface area contributed by atoms with Gasteiger partial charge in [0.1, 0.15) is 19.8 Å². The normalized spacial score (nSPS) is 15.9. The summed E-state index contributed by atoms with van der Waals surface area (Å²) in [5, 5.41) is 9.42. The Kier molecular flexibility index (Phi) is 6.77. The van der Waals surface area contributed by atoms with Crippen LogP contribution in [-0.2, 0) is 8.91 Å². The van der Waals surface area contributed by atoms with Gasteiger partial charge in [0.25, 0.3) is 0 Å². The highest BCUT2D eigenvalue weighted by Crippen LogP contribution is 2.49. The van der Waals surface area contributed by atoms with Crippen molar-refractivity contribution in [3.05, 3.63) is 11.1 Å². The molecule has 0 saturated heterocycles. The first-order chi connectivity index (χ1) is 8.14. The van der Waals surface area contributed by atoms with Crippen molar-refractivity contribution in [2.24, 2.45) is 0 Å². The molecule has 106 valence electrons. The smallest absolute Gasteiger partial charge is 0.331 e. The molecule has 0 aliphatic heterocycles. The first-order valence-electron chi connectivity index (χ1n) is 6.54. The van der Waals surface area contributed by atoms with Gasteiger partial charge in [0, 0.05) is 5.57 Å².